The second-order valence-corrected chi connectivity index (χ2v) is 5.57. The Balaban J connectivity index is 1.67. The average Bonchev–Trinajstić information content (AvgIpc) is 3.02. The van der Waals surface area contributed by atoms with E-state index in [0.717, 1.165) is 24.2 Å². The molecule has 88 valence electrons. The smallest absolute Gasteiger partial charge is 0.0935 e. The third-order valence-electron chi connectivity index (χ3n) is 4.72. The van der Waals surface area contributed by atoms with Gasteiger partial charge in [0.25, 0.3) is 0 Å². The van der Waals surface area contributed by atoms with Gasteiger partial charge >= 0.3 is 0 Å². The van der Waals surface area contributed by atoms with Gasteiger partial charge in [0.1, 0.15) is 0 Å². The summed E-state index contributed by atoms with van der Waals surface area (Å²) in [5.74, 6) is 2.93. The van der Waals surface area contributed by atoms with Crippen LogP contribution in [0.1, 0.15) is 31.2 Å². The summed E-state index contributed by atoms with van der Waals surface area (Å²) in [5, 5.41) is 3.53. The number of hydrogen-bond donors (Lipinski definition) is 1. The zero-order valence-corrected chi connectivity index (χ0v) is 9.99. The Morgan fingerprint density at radius 2 is 2.38 bits per heavy atom. The van der Waals surface area contributed by atoms with Crippen LogP contribution in [0.2, 0.25) is 0 Å². The molecule has 0 amide bonds. The Bertz CT molecular complexity index is 333. The second kappa shape index (κ2) is 4.25. The number of furan rings is 1. The summed E-state index contributed by atoms with van der Waals surface area (Å²) in [6, 6.07) is 2.74. The molecule has 0 saturated heterocycles. The van der Waals surface area contributed by atoms with E-state index < -0.39 is 0 Å². The third-order valence-corrected chi connectivity index (χ3v) is 4.72. The van der Waals surface area contributed by atoms with Crippen molar-refractivity contribution in [1.29, 1.82) is 0 Å². The highest BCUT2D eigenvalue weighted by atomic mass is 16.3. The molecule has 2 fully saturated rings. The van der Waals surface area contributed by atoms with Crippen LogP contribution < -0.4 is 5.32 Å². The van der Waals surface area contributed by atoms with Crippen molar-refractivity contribution in [1.82, 2.24) is 5.32 Å². The van der Waals surface area contributed by atoms with Crippen LogP contribution in [0.4, 0.5) is 0 Å². The van der Waals surface area contributed by atoms with E-state index in [2.05, 4.69) is 18.4 Å². The predicted octanol–water partition coefficient (Wildman–Crippen LogP) is 2.85. The minimum Gasteiger partial charge on any atom is -0.472 e. The minimum absolute atomic E-state index is 0.646. The first kappa shape index (κ1) is 10.4. The second-order valence-electron chi connectivity index (χ2n) is 5.57. The summed E-state index contributed by atoms with van der Waals surface area (Å²) >= 11 is 0. The van der Waals surface area contributed by atoms with E-state index in [-0.39, 0.29) is 0 Å². The van der Waals surface area contributed by atoms with Gasteiger partial charge in [0.2, 0.25) is 0 Å². The van der Waals surface area contributed by atoms with Crippen molar-refractivity contribution in [3.8, 4) is 0 Å². The van der Waals surface area contributed by atoms with Gasteiger partial charge in [-0.05, 0) is 62.1 Å². The van der Waals surface area contributed by atoms with Gasteiger partial charge in [-0.25, -0.2) is 0 Å². The standard InChI is InChI=1S/C14H21NO/c1-15-14(8-11-4-5-16-9-11)13-7-10-2-3-12(13)6-10/h4-5,9-10,12-15H,2-3,6-8H2,1H3. The summed E-state index contributed by atoms with van der Waals surface area (Å²) in [5.41, 5.74) is 1.34. The molecule has 1 N–H and O–H groups in total. The topological polar surface area (TPSA) is 25.2 Å². The first-order valence-electron chi connectivity index (χ1n) is 6.55. The maximum atomic E-state index is 5.16. The van der Waals surface area contributed by atoms with E-state index in [4.69, 9.17) is 4.42 Å². The Kier molecular flexibility index (Phi) is 2.76. The fourth-order valence-electron chi connectivity index (χ4n) is 3.92. The lowest BCUT2D eigenvalue weighted by Gasteiger charge is -2.30. The van der Waals surface area contributed by atoms with Crippen molar-refractivity contribution in [3.63, 3.8) is 0 Å². The summed E-state index contributed by atoms with van der Waals surface area (Å²) in [6.45, 7) is 0. The Labute approximate surface area is 97.4 Å². The Hall–Kier alpha value is -0.760. The van der Waals surface area contributed by atoms with E-state index in [1.807, 2.05) is 6.26 Å². The third kappa shape index (κ3) is 1.80. The van der Waals surface area contributed by atoms with Crippen molar-refractivity contribution >= 4 is 0 Å². The van der Waals surface area contributed by atoms with Crippen LogP contribution in [-0.2, 0) is 6.42 Å². The summed E-state index contributed by atoms with van der Waals surface area (Å²) in [6.07, 6.45) is 10.7. The molecular formula is C14H21NO. The molecule has 2 aliphatic carbocycles. The molecule has 2 heteroatoms. The van der Waals surface area contributed by atoms with E-state index >= 15 is 0 Å². The zero-order valence-electron chi connectivity index (χ0n) is 9.99. The van der Waals surface area contributed by atoms with Crippen LogP contribution in [0.15, 0.2) is 23.0 Å². The van der Waals surface area contributed by atoms with E-state index in [9.17, 15) is 0 Å². The Morgan fingerprint density at radius 3 is 2.94 bits per heavy atom. The lowest BCUT2D eigenvalue weighted by Crippen LogP contribution is -2.38. The molecule has 0 aliphatic heterocycles. The van der Waals surface area contributed by atoms with Crippen LogP contribution in [0.25, 0.3) is 0 Å². The molecule has 4 atom stereocenters. The molecule has 2 bridgehead atoms. The van der Waals surface area contributed by atoms with Gasteiger partial charge in [-0.15, -0.1) is 0 Å². The van der Waals surface area contributed by atoms with Crippen LogP contribution >= 0.6 is 0 Å². The van der Waals surface area contributed by atoms with Crippen LogP contribution in [0.5, 0.6) is 0 Å². The zero-order chi connectivity index (χ0) is 11.0. The number of rotatable bonds is 4. The molecule has 0 aromatic carbocycles. The van der Waals surface area contributed by atoms with Gasteiger partial charge in [0.05, 0.1) is 12.5 Å². The molecule has 0 spiro atoms. The highest BCUT2D eigenvalue weighted by molar-refractivity contribution is 5.09. The van der Waals surface area contributed by atoms with Gasteiger partial charge < -0.3 is 9.73 Å². The molecule has 2 saturated carbocycles. The van der Waals surface area contributed by atoms with Gasteiger partial charge in [-0.3, -0.25) is 0 Å². The molecule has 1 heterocycles. The van der Waals surface area contributed by atoms with E-state index in [1.165, 1.54) is 31.2 Å². The van der Waals surface area contributed by atoms with Gasteiger partial charge in [-0.2, -0.15) is 0 Å². The Morgan fingerprint density at radius 1 is 1.44 bits per heavy atom. The molecule has 2 aliphatic rings. The first-order chi connectivity index (χ1) is 7.86. The van der Waals surface area contributed by atoms with E-state index in [0.29, 0.717) is 6.04 Å². The summed E-state index contributed by atoms with van der Waals surface area (Å²) in [4.78, 5) is 0. The number of likely N-dealkylation sites (N-methyl/N-ethyl adjacent to an activating group) is 1. The molecule has 3 rings (SSSR count). The largest absolute Gasteiger partial charge is 0.472 e. The SMILES string of the molecule is CNC(Cc1ccoc1)C1CC2CCC1C2. The maximum Gasteiger partial charge on any atom is 0.0935 e. The molecule has 16 heavy (non-hydrogen) atoms. The fraction of sp³-hybridized carbons (Fsp3) is 0.714. The van der Waals surface area contributed by atoms with Gasteiger partial charge in [0, 0.05) is 6.04 Å². The molecule has 1 aromatic heterocycles. The lowest BCUT2D eigenvalue weighted by atomic mass is 9.81. The van der Waals surface area contributed by atoms with Crippen molar-refractivity contribution in [2.75, 3.05) is 7.05 Å². The van der Waals surface area contributed by atoms with Gasteiger partial charge in [0.15, 0.2) is 0 Å². The van der Waals surface area contributed by atoms with Crippen molar-refractivity contribution in [2.45, 2.75) is 38.1 Å². The van der Waals surface area contributed by atoms with Crippen LogP contribution in [0.3, 0.4) is 0 Å². The highest BCUT2D eigenvalue weighted by Crippen LogP contribution is 2.49. The first-order valence-corrected chi connectivity index (χ1v) is 6.55. The van der Waals surface area contributed by atoms with Crippen molar-refractivity contribution < 1.29 is 4.42 Å². The predicted molar refractivity (Wildman–Crippen MR) is 64.2 cm³/mol. The number of fused-ring (bicyclic) bond motifs is 2. The molecule has 4 unspecified atom stereocenters. The molecule has 0 radical (unpaired) electrons. The quantitative estimate of drug-likeness (QED) is 0.842. The summed E-state index contributed by atoms with van der Waals surface area (Å²) < 4.78 is 5.16. The normalized spacial score (nSPS) is 34.4. The van der Waals surface area contributed by atoms with Crippen LogP contribution in [-0.4, -0.2) is 13.1 Å². The lowest BCUT2D eigenvalue weighted by molar-refractivity contribution is 0.255. The van der Waals surface area contributed by atoms with Crippen molar-refractivity contribution in [2.24, 2.45) is 17.8 Å². The maximum absolute atomic E-state index is 5.16. The van der Waals surface area contributed by atoms with Crippen LogP contribution in [0, 0.1) is 17.8 Å². The highest BCUT2D eigenvalue weighted by Gasteiger charge is 2.42. The molecule has 1 aromatic rings. The number of nitrogens with one attached hydrogen (secondary N) is 1. The number of hydrogen-bond acceptors (Lipinski definition) is 2. The molecular weight excluding hydrogens is 198 g/mol. The van der Waals surface area contributed by atoms with Gasteiger partial charge in [-0.1, -0.05) is 6.42 Å². The summed E-state index contributed by atoms with van der Waals surface area (Å²) in [7, 11) is 2.11. The monoisotopic (exact) mass is 219 g/mol. The average molecular weight is 219 g/mol. The molecule has 2 nitrogen and oxygen atoms in total. The fourth-order valence-corrected chi connectivity index (χ4v) is 3.92. The van der Waals surface area contributed by atoms with Crippen molar-refractivity contribution in [3.05, 3.63) is 24.2 Å². The minimum atomic E-state index is 0.646. The van der Waals surface area contributed by atoms with E-state index in [1.54, 1.807) is 6.26 Å².